The molecule has 0 fully saturated rings. The molecule has 5 heteroatoms. The fraction of sp³-hybridized carbons (Fsp3) is 0.250. The number of methoxy groups -OCH3 is 1. The van der Waals surface area contributed by atoms with Crippen LogP contribution in [0.1, 0.15) is 11.1 Å². The average molecular weight is 286 g/mol. The van der Waals surface area contributed by atoms with Crippen molar-refractivity contribution in [3.05, 3.63) is 69.8 Å². The Hall–Kier alpha value is -2.40. The first-order valence-electron chi connectivity index (χ1n) is 6.76. The number of benzene rings is 2. The van der Waals surface area contributed by atoms with Crippen LogP contribution >= 0.6 is 0 Å². The summed E-state index contributed by atoms with van der Waals surface area (Å²) >= 11 is 0. The van der Waals surface area contributed by atoms with Crippen molar-refractivity contribution in [3.63, 3.8) is 0 Å². The molecular formula is C16H18N2O3. The molecule has 110 valence electrons. The van der Waals surface area contributed by atoms with Crippen molar-refractivity contribution in [2.75, 3.05) is 13.7 Å². The summed E-state index contributed by atoms with van der Waals surface area (Å²) in [5, 5.41) is 14.0. The first-order chi connectivity index (χ1) is 10.2. The molecule has 0 amide bonds. The summed E-state index contributed by atoms with van der Waals surface area (Å²) in [6, 6.07) is 14.6. The van der Waals surface area contributed by atoms with E-state index in [4.69, 9.17) is 4.74 Å². The standard InChI is InChI=1S/C16H18N2O3/c1-21-16-8-3-2-6-14(16)9-10-17-12-13-5-4-7-15(11-13)18(19)20/h2-8,11,17H,9-10,12H2,1H3. The van der Waals surface area contributed by atoms with Gasteiger partial charge in [0, 0.05) is 18.7 Å². The maximum Gasteiger partial charge on any atom is 0.269 e. The lowest BCUT2D eigenvalue weighted by Gasteiger charge is -2.09. The molecule has 0 aliphatic carbocycles. The van der Waals surface area contributed by atoms with Crippen molar-refractivity contribution >= 4 is 5.69 Å². The van der Waals surface area contributed by atoms with E-state index in [-0.39, 0.29) is 10.6 Å². The maximum absolute atomic E-state index is 10.7. The van der Waals surface area contributed by atoms with Crippen molar-refractivity contribution in [2.24, 2.45) is 0 Å². The number of hydrogen-bond acceptors (Lipinski definition) is 4. The van der Waals surface area contributed by atoms with Crippen molar-refractivity contribution in [2.45, 2.75) is 13.0 Å². The van der Waals surface area contributed by atoms with Crippen LogP contribution in [0.4, 0.5) is 5.69 Å². The third-order valence-electron chi connectivity index (χ3n) is 3.21. The Bertz CT molecular complexity index is 614. The van der Waals surface area contributed by atoms with E-state index in [1.165, 1.54) is 6.07 Å². The highest BCUT2D eigenvalue weighted by atomic mass is 16.6. The molecule has 0 radical (unpaired) electrons. The molecule has 0 saturated carbocycles. The summed E-state index contributed by atoms with van der Waals surface area (Å²) in [7, 11) is 1.66. The normalized spacial score (nSPS) is 10.3. The zero-order chi connectivity index (χ0) is 15.1. The van der Waals surface area contributed by atoms with Gasteiger partial charge in [-0.05, 0) is 30.2 Å². The molecule has 0 heterocycles. The summed E-state index contributed by atoms with van der Waals surface area (Å²) in [4.78, 5) is 10.3. The Morgan fingerprint density at radius 3 is 2.76 bits per heavy atom. The van der Waals surface area contributed by atoms with E-state index < -0.39 is 0 Å². The highest BCUT2D eigenvalue weighted by Gasteiger charge is 2.05. The topological polar surface area (TPSA) is 64.4 Å². The van der Waals surface area contributed by atoms with Gasteiger partial charge in [0.05, 0.1) is 12.0 Å². The fourth-order valence-electron chi connectivity index (χ4n) is 2.15. The quantitative estimate of drug-likeness (QED) is 0.483. The second-order valence-electron chi connectivity index (χ2n) is 4.67. The highest BCUT2D eigenvalue weighted by molar-refractivity contribution is 5.34. The SMILES string of the molecule is COc1ccccc1CCNCc1cccc([N+](=O)[O-])c1. The van der Waals surface area contributed by atoms with Crippen LogP contribution in [0, 0.1) is 10.1 Å². The largest absolute Gasteiger partial charge is 0.496 e. The van der Waals surface area contributed by atoms with Crippen molar-refractivity contribution < 1.29 is 9.66 Å². The number of nitro groups is 1. The van der Waals surface area contributed by atoms with Gasteiger partial charge in [0.25, 0.3) is 5.69 Å². The summed E-state index contributed by atoms with van der Waals surface area (Å²) < 4.78 is 5.30. The monoisotopic (exact) mass is 286 g/mol. The molecular weight excluding hydrogens is 268 g/mol. The number of rotatable bonds is 7. The third kappa shape index (κ3) is 4.29. The third-order valence-corrected chi connectivity index (χ3v) is 3.21. The molecule has 2 rings (SSSR count). The molecule has 0 atom stereocenters. The van der Waals surface area contributed by atoms with Gasteiger partial charge in [-0.25, -0.2) is 0 Å². The lowest BCUT2D eigenvalue weighted by Crippen LogP contribution is -2.17. The van der Waals surface area contributed by atoms with Crippen LogP contribution in [0.3, 0.4) is 0 Å². The minimum absolute atomic E-state index is 0.124. The second-order valence-corrected chi connectivity index (χ2v) is 4.67. The molecule has 0 spiro atoms. The number of nitrogens with one attached hydrogen (secondary N) is 1. The molecule has 1 N–H and O–H groups in total. The first kappa shape index (κ1) is 15.0. The van der Waals surface area contributed by atoms with Gasteiger partial charge in [0.2, 0.25) is 0 Å². The van der Waals surface area contributed by atoms with Crippen molar-refractivity contribution in [3.8, 4) is 5.75 Å². The van der Waals surface area contributed by atoms with Gasteiger partial charge in [-0.2, -0.15) is 0 Å². The zero-order valence-electron chi connectivity index (χ0n) is 11.9. The average Bonchev–Trinajstić information content (AvgIpc) is 2.52. The summed E-state index contributed by atoms with van der Waals surface area (Å²) in [6.07, 6.45) is 0.846. The zero-order valence-corrected chi connectivity index (χ0v) is 11.9. The number of non-ortho nitro benzene ring substituents is 1. The molecule has 21 heavy (non-hydrogen) atoms. The van der Waals surface area contributed by atoms with Crippen LogP contribution in [0.15, 0.2) is 48.5 Å². The number of nitro benzene ring substituents is 1. The molecule has 2 aromatic rings. The number of hydrogen-bond donors (Lipinski definition) is 1. The van der Waals surface area contributed by atoms with Crippen LogP contribution in [0.25, 0.3) is 0 Å². The molecule has 5 nitrogen and oxygen atoms in total. The molecule has 0 unspecified atom stereocenters. The summed E-state index contributed by atoms with van der Waals surface area (Å²) in [5.74, 6) is 0.884. The van der Waals surface area contributed by atoms with Gasteiger partial charge < -0.3 is 10.1 Å². The van der Waals surface area contributed by atoms with Crippen LogP contribution in [-0.4, -0.2) is 18.6 Å². The summed E-state index contributed by atoms with van der Waals surface area (Å²) in [5.41, 5.74) is 2.18. The lowest BCUT2D eigenvalue weighted by atomic mass is 10.1. The van der Waals surface area contributed by atoms with Crippen LogP contribution in [0.2, 0.25) is 0 Å². The van der Waals surface area contributed by atoms with E-state index in [1.807, 2.05) is 30.3 Å². The minimum Gasteiger partial charge on any atom is -0.496 e. The van der Waals surface area contributed by atoms with Crippen molar-refractivity contribution in [1.82, 2.24) is 5.32 Å². The Morgan fingerprint density at radius 1 is 1.19 bits per heavy atom. The van der Waals surface area contributed by atoms with Gasteiger partial charge >= 0.3 is 0 Å². The number of nitrogens with zero attached hydrogens (tertiary/aromatic N) is 1. The number of para-hydroxylation sites is 1. The van der Waals surface area contributed by atoms with E-state index in [9.17, 15) is 10.1 Å². The Kier molecular flexibility index (Phi) is 5.29. The van der Waals surface area contributed by atoms with E-state index in [0.717, 1.165) is 29.8 Å². The van der Waals surface area contributed by atoms with E-state index in [1.54, 1.807) is 19.2 Å². The second kappa shape index (κ2) is 7.40. The first-order valence-corrected chi connectivity index (χ1v) is 6.76. The van der Waals surface area contributed by atoms with Crippen molar-refractivity contribution in [1.29, 1.82) is 0 Å². The summed E-state index contributed by atoms with van der Waals surface area (Å²) in [6.45, 7) is 1.39. The fourth-order valence-corrected chi connectivity index (χ4v) is 2.15. The smallest absolute Gasteiger partial charge is 0.269 e. The van der Waals surface area contributed by atoms with E-state index in [2.05, 4.69) is 5.32 Å². The lowest BCUT2D eigenvalue weighted by molar-refractivity contribution is -0.384. The predicted molar refractivity (Wildman–Crippen MR) is 81.5 cm³/mol. The van der Waals surface area contributed by atoms with E-state index >= 15 is 0 Å². The highest BCUT2D eigenvalue weighted by Crippen LogP contribution is 2.17. The molecule has 2 aromatic carbocycles. The van der Waals surface area contributed by atoms with Crippen LogP contribution in [0.5, 0.6) is 5.75 Å². The van der Waals surface area contributed by atoms with Crippen LogP contribution < -0.4 is 10.1 Å². The predicted octanol–water partition coefficient (Wildman–Crippen LogP) is 2.94. The van der Waals surface area contributed by atoms with Gasteiger partial charge in [-0.3, -0.25) is 10.1 Å². The van der Waals surface area contributed by atoms with Gasteiger partial charge in [-0.15, -0.1) is 0 Å². The Labute approximate surface area is 123 Å². The van der Waals surface area contributed by atoms with Gasteiger partial charge in [0.1, 0.15) is 5.75 Å². The van der Waals surface area contributed by atoms with Gasteiger partial charge in [-0.1, -0.05) is 30.3 Å². The van der Waals surface area contributed by atoms with Gasteiger partial charge in [0.15, 0.2) is 0 Å². The molecule has 0 bridgehead atoms. The van der Waals surface area contributed by atoms with E-state index in [0.29, 0.717) is 6.54 Å². The molecule has 0 saturated heterocycles. The molecule has 0 aliphatic rings. The maximum atomic E-state index is 10.7. The van der Waals surface area contributed by atoms with Crippen LogP contribution in [-0.2, 0) is 13.0 Å². The minimum atomic E-state index is -0.377. The Morgan fingerprint density at radius 2 is 2.00 bits per heavy atom. The molecule has 0 aromatic heterocycles. The Balaban J connectivity index is 1.85. The molecule has 0 aliphatic heterocycles. The number of ether oxygens (including phenoxy) is 1.